The van der Waals surface area contributed by atoms with E-state index in [4.69, 9.17) is 21.7 Å². The molecule has 0 bridgehead atoms. The van der Waals surface area contributed by atoms with Crippen molar-refractivity contribution in [3.05, 3.63) is 58.5 Å². The van der Waals surface area contributed by atoms with Gasteiger partial charge in [-0.2, -0.15) is 5.01 Å². The van der Waals surface area contributed by atoms with E-state index >= 15 is 0 Å². The van der Waals surface area contributed by atoms with Crippen LogP contribution in [0.5, 0.6) is 17.2 Å². The second kappa shape index (κ2) is 10.3. The summed E-state index contributed by atoms with van der Waals surface area (Å²) in [5.74, 6) is 0.322. The molecule has 31 heavy (non-hydrogen) atoms. The molecule has 7 nitrogen and oxygen atoms in total. The maximum Gasteiger partial charge on any atom is 0.285 e. The number of phenols is 1. The Morgan fingerprint density at radius 3 is 2.65 bits per heavy atom. The van der Waals surface area contributed by atoms with Crippen molar-refractivity contribution in [1.82, 2.24) is 10.4 Å². The topological polar surface area (TPSA) is 88.1 Å². The fourth-order valence-corrected chi connectivity index (χ4v) is 3.89. The van der Waals surface area contributed by atoms with Crippen molar-refractivity contribution < 1.29 is 24.2 Å². The molecule has 2 aromatic rings. The molecule has 2 N–H and O–H groups in total. The van der Waals surface area contributed by atoms with Crippen molar-refractivity contribution in [1.29, 1.82) is 0 Å². The molecule has 162 valence electrons. The number of phenolic OH excluding ortho intramolecular Hbond substituents is 1. The van der Waals surface area contributed by atoms with Gasteiger partial charge in [0, 0.05) is 5.56 Å². The first-order chi connectivity index (χ1) is 14.9. The number of aromatic hydroxyl groups is 1. The lowest BCUT2D eigenvalue weighted by Crippen LogP contribution is -2.44. The highest BCUT2D eigenvalue weighted by atomic mass is 32.2. The van der Waals surface area contributed by atoms with E-state index in [0.717, 1.165) is 35.2 Å². The van der Waals surface area contributed by atoms with Crippen molar-refractivity contribution in [2.45, 2.75) is 19.8 Å². The first-order valence-corrected chi connectivity index (χ1v) is 10.8. The number of carbonyl (C=O) groups excluding carboxylic acids is 2. The van der Waals surface area contributed by atoms with E-state index < -0.39 is 11.8 Å². The summed E-state index contributed by atoms with van der Waals surface area (Å²) in [6.07, 6.45) is 3.67. The molecule has 2 aromatic carbocycles. The minimum absolute atomic E-state index is 0.0438. The van der Waals surface area contributed by atoms with Gasteiger partial charge in [-0.05, 0) is 66.7 Å². The highest BCUT2D eigenvalue weighted by molar-refractivity contribution is 8.26. The third-order valence-corrected chi connectivity index (χ3v) is 5.68. The molecule has 0 aliphatic carbocycles. The van der Waals surface area contributed by atoms with E-state index in [1.54, 1.807) is 25.3 Å². The predicted octanol–water partition coefficient (Wildman–Crippen LogP) is 4.13. The van der Waals surface area contributed by atoms with Crippen molar-refractivity contribution in [2.24, 2.45) is 0 Å². The summed E-state index contributed by atoms with van der Waals surface area (Å²) in [5, 5.41) is 10.4. The molecule has 1 fully saturated rings. The molecule has 0 aromatic heterocycles. The number of thioether (sulfide) groups is 1. The van der Waals surface area contributed by atoms with Gasteiger partial charge in [0.05, 0.1) is 18.6 Å². The summed E-state index contributed by atoms with van der Waals surface area (Å²) in [4.78, 5) is 25.5. The van der Waals surface area contributed by atoms with Crippen molar-refractivity contribution in [3.8, 4) is 17.2 Å². The minimum Gasteiger partial charge on any atom is -0.508 e. The van der Waals surface area contributed by atoms with Crippen molar-refractivity contribution >= 4 is 46.2 Å². The van der Waals surface area contributed by atoms with Crippen LogP contribution in [-0.4, -0.2) is 40.0 Å². The number of thiocarbonyl (C=S) groups is 1. The Morgan fingerprint density at radius 2 is 1.97 bits per heavy atom. The number of hydrogen-bond acceptors (Lipinski definition) is 7. The monoisotopic (exact) mass is 458 g/mol. The average molecular weight is 459 g/mol. The third-order valence-electron chi connectivity index (χ3n) is 4.38. The average Bonchev–Trinajstić information content (AvgIpc) is 3.02. The van der Waals surface area contributed by atoms with E-state index in [0.29, 0.717) is 28.6 Å². The van der Waals surface area contributed by atoms with Gasteiger partial charge in [0.1, 0.15) is 5.75 Å². The summed E-state index contributed by atoms with van der Waals surface area (Å²) in [6, 6.07) is 11.1. The normalized spacial score (nSPS) is 14.8. The number of hydrogen-bond donors (Lipinski definition) is 2. The van der Waals surface area contributed by atoms with Crippen molar-refractivity contribution in [2.75, 3.05) is 13.7 Å². The van der Waals surface area contributed by atoms with Crippen LogP contribution in [-0.2, 0) is 4.79 Å². The molecule has 9 heteroatoms. The number of hydrazine groups is 1. The summed E-state index contributed by atoms with van der Waals surface area (Å²) in [7, 11) is 1.56. The van der Waals surface area contributed by atoms with E-state index in [-0.39, 0.29) is 10.1 Å². The Labute approximate surface area is 190 Å². The molecule has 0 atom stereocenters. The number of methoxy groups -OCH3 is 1. The van der Waals surface area contributed by atoms with Gasteiger partial charge in [-0.1, -0.05) is 31.2 Å². The highest BCUT2D eigenvalue weighted by Gasteiger charge is 2.33. The van der Waals surface area contributed by atoms with Crippen LogP contribution in [0.2, 0.25) is 0 Å². The number of rotatable bonds is 8. The summed E-state index contributed by atoms with van der Waals surface area (Å²) in [5.41, 5.74) is 3.54. The van der Waals surface area contributed by atoms with Gasteiger partial charge in [0.15, 0.2) is 15.8 Å². The van der Waals surface area contributed by atoms with Gasteiger partial charge in [0.2, 0.25) is 0 Å². The van der Waals surface area contributed by atoms with Crippen LogP contribution in [0.25, 0.3) is 6.08 Å². The lowest BCUT2D eigenvalue weighted by Gasteiger charge is -2.15. The van der Waals surface area contributed by atoms with Gasteiger partial charge in [-0.3, -0.25) is 15.0 Å². The molecule has 0 saturated carbocycles. The first kappa shape index (κ1) is 22.6. The van der Waals surface area contributed by atoms with Crippen LogP contribution in [0.4, 0.5) is 0 Å². The van der Waals surface area contributed by atoms with Gasteiger partial charge >= 0.3 is 0 Å². The SMILES string of the molecule is CCCCOc1ccc(/C=C2\SC(=S)N(NC(=O)c3ccc(O)cc3)C2=O)cc1OC. The number of benzene rings is 2. The number of nitrogens with one attached hydrogen (secondary N) is 1. The molecule has 0 spiro atoms. The fraction of sp³-hybridized carbons (Fsp3) is 0.227. The van der Waals surface area contributed by atoms with Crippen LogP contribution < -0.4 is 14.9 Å². The maximum absolute atomic E-state index is 12.8. The Balaban J connectivity index is 1.73. The van der Waals surface area contributed by atoms with E-state index in [1.807, 2.05) is 6.07 Å². The zero-order chi connectivity index (χ0) is 22.4. The van der Waals surface area contributed by atoms with E-state index in [9.17, 15) is 14.7 Å². The van der Waals surface area contributed by atoms with E-state index in [2.05, 4.69) is 12.3 Å². The van der Waals surface area contributed by atoms with Crippen molar-refractivity contribution in [3.63, 3.8) is 0 Å². The number of ether oxygens (including phenoxy) is 2. The molecule has 0 unspecified atom stereocenters. The predicted molar refractivity (Wildman–Crippen MR) is 124 cm³/mol. The summed E-state index contributed by atoms with van der Waals surface area (Å²) < 4.78 is 11.4. The molecule has 1 heterocycles. The Bertz CT molecular complexity index is 1020. The second-order valence-corrected chi connectivity index (χ2v) is 8.29. The lowest BCUT2D eigenvalue weighted by atomic mass is 10.2. The summed E-state index contributed by atoms with van der Waals surface area (Å²) in [6.45, 7) is 2.69. The number of amides is 2. The fourth-order valence-electron chi connectivity index (χ4n) is 2.71. The van der Waals surface area contributed by atoms with Gasteiger partial charge in [0.25, 0.3) is 11.8 Å². The van der Waals surface area contributed by atoms with Gasteiger partial charge in [-0.25, -0.2) is 0 Å². The second-order valence-electron chi connectivity index (χ2n) is 6.62. The standard InChI is InChI=1S/C22H22N2O5S2/c1-3-4-11-29-17-10-5-14(12-18(17)28-2)13-19-21(27)24(22(30)31-19)23-20(26)15-6-8-16(25)9-7-15/h5-10,12-13,25H,3-4,11H2,1-2H3,(H,23,26)/b19-13-. The Kier molecular flexibility index (Phi) is 7.54. The zero-order valence-corrected chi connectivity index (χ0v) is 18.7. The van der Waals surface area contributed by atoms with E-state index in [1.165, 1.54) is 24.3 Å². The zero-order valence-electron chi connectivity index (χ0n) is 17.1. The quantitative estimate of drug-likeness (QED) is 0.349. The largest absolute Gasteiger partial charge is 0.508 e. The van der Waals surface area contributed by atoms with Crippen LogP contribution in [0.15, 0.2) is 47.4 Å². The molecular weight excluding hydrogens is 436 g/mol. The molecule has 1 aliphatic heterocycles. The van der Waals surface area contributed by atoms with Gasteiger partial charge < -0.3 is 14.6 Å². The maximum atomic E-state index is 12.8. The van der Waals surface area contributed by atoms with Crippen LogP contribution >= 0.6 is 24.0 Å². The number of unbranched alkanes of at least 4 members (excludes halogenated alkanes) is 1. The minimum atomic E-state index is -0.507. The molecular formula is C22H22N2O5S2. The van der Waals surface area contributed by atoms with Crippen LogP contribution in [0, 0.1) is 0 Å². The molecule has 0 radical (unpaired) electrons. The smallest absolute Gasteiger partial charge is 0.285 e. The lowest BCUT2D eigenvalue weighted by molar-refractivity contribution is -0.123. The number of carbonyl (C=O) groups is 2. The summed E-state index contributed by atoms with van der Waals surface area (Å²) >= 11 is 6.35. The Hall–Kier alpha value is -3.04. The molecule has 1 aliphatic rings. The van der Waals surface area contributed by atoms with Crippen LogP contribution in [0.3, 0.4) is 0 Å². The highest BCUT2D eigenvalue weighted by Crippen LogP contribution is 2.34. The third kappa shape index (κ3) is 5.56. The molecule has 1 saturated heterocycles. The number of nitrogens with zero attached hydrogens (tertiary/aromatic N) is 1. The molecule has 2 amide bonds. The van der Waals surface area contributed by atoms with Gasteiger partial charge in [-0.15, -0.1) is 0 Å². The Morgan fingerprint density at radius 1 is 1.23 bits per heavy atom. The first-order valence-electron chi connectivity index (χ1n) is 9.61. The van der Waals surface area contributed by atoms with Crippen LogP contribution in [0.1, 0.15) is 35.7 Å². The molecule has 3 rings (SSSR count).